The Morgan fingerprint density at radius 3 is 2.47 bits per heavy atom. The van der Waals surface area contributed by atoms with Crippen LogP contribution in [-0.2, 0) is 4.79 Å². The molecule has 0 radical (unpaired) electrons. The summed E-state index contributed by atoms with van der Waals surface area (Å²) in [7, 11) is 0. The van der Waals surface area contributed by atoms with Gasteiger partial charge in [-0.1, -0.05) is 0 Å². The molecular weight excluding hydrogens is 226 g/mol. The molecule has 1 atom stereocenters. The molecule has 0 aromatic heterocycles. The lowest BCUT2D eigenvalue weighted by molar-refractivity contribution is -0.117. The highest BCUT2D eigenvalue weighted by Crippen LogP contribution is 2.27. The van der Waals surface area contributed by atoms with Crippen molar-refractivity contribution in [1.82, 2.24) is 0 Å². The van der Waals surface area contributed by atoms with E-state index >= 15 is 0 Å². The Balaban J connectivity index is 2.32. The monoisotopic (exact) mass is 240 g/mol. The van der Waals surface area contributed by atoms with E-state index in [1.165, 1.54) is 24.0 Å². The van der Waals surface area contributed by atoms with Crippen LogP contribution in [0.1, 0.15) is 12.0 Å². The largest absolute Gasteiger partial charge is 0.330 e. The van der Waals surface area contributed by atoms with Gasteiger partial charge in [-0.25, -0.2) is 8.78 Å². The highest BCUT2D eigenvalue weighted by atomic mass is 19.1. The van der Waals surface area contributed by atoms with Crippen molar-refractivity contribution in [2.45, 2.75) is 13.3 Å². The van der Waals surface area contributed by atoms with Crippen LogP contribution in [-0.4, -0.2) is 19.0 Å². The third kappa shape index (κ3) is 2.15. The Bertz CT molecular complexity index is 439. The topological polar surface area (TPSA) is 46.3 Å². The van der Waals surface area contributed by atoms with Gasteiger partial charge in [0.05, 0.1) is 0 Å². The van der Waals surface area contributed by atoms with E-state index in [2.05, 4.69) is 0 Å². The maximum absolute atomic E-state index is 13.4. The highest BCUT2D eigenvalue weighted by molar-refractivity contribution is 5.95. The van der Waals surface area contributed by atoms with Gasteiger partial charge in [0.2, 0.25) is 5.91 Å². The average molecular weight is 240 g/mol. The maximum atomic E-state index is 13.4. The van der Waals surface area contributed by atoms with Gasteiger partial charge in [0.1, 0.15) is 11.6 Å². The second-order valence-electron chi connectivity index (χ2n) is 4.34. The van der Waals surface area contributed by atoms with Gasteiger partial charge in [0.25, 0.3) is 0 Å². The average Bonchev–Trinajstić information content (AvgIpc) is 2.67. The Morgan fingerprint density at radius 1 is 1.41 bits per heavy atom. The van der Waals surface area contributed by atoms with Gasteiger partial charge in [-0.2, -0.15) is 0 Å². The summed E-state index contributed by atoms with van der Waals surface area (Å²) in [5, 5.41) is 0. The molecule has 1 aliphatic heterocycles. The molecular formula is C12H14F2N2O. The molecule has 1 saturated heterocycles. The number of anilines is 1. The molecule has 2 rings (SSSR count). The molecule has 1 unspecified atom stereocenters. The molecule has 0 aliphatic carbocycles. The zero-order chi connectivity index (χ0) is 12.6. The van der Waals surface area contributed by atoms with E-state index in [9.17, 15) is 13.6 Å². The molecule has 0 bridgehead atoms. The van der Waals surface area contributed by atoms with Gasteiger partial charge < -0.3 is 10.6 Å². The van der Waals surface area contributed by atoms with E-state index in [0.29, 0.717) is 19.5 Å². The van der Waals surface area contributed by atoms with Gasteiger partial charge in [-0.15, -0.1) is 0 Å². The summed E-state index contributed by atoms with van der Waals surface area (Å²) in [5.74, 6) is -1.34. The third-order valence-electron chi connectivity index (χ3n) is 3.12. The minimum atomic E-state index is -0.635. The number of benzene rings is 1. The maximum Gasteiger partial charge on any atom is 0.227 e. The van der Waals surface area contributed by atoms with E-state index in [1.54, 1.807) is 0 Å². The van der Waals surface area contributed by atoms with Crippen molar-refractivity contribution < 1.29 is 13.6 Å². The molecule has 1 aliphatic rings. The molecule has 1 amide bonds. The first kappa shape index (κ1) is 12.0. The molecule has 5 heteroatoms. The summed E-state index contributed by atoms with van der Waals surface area (Å²) in [6.45, 7) is 2.19. The lowest BCUT2D eigenvalue weighted by Crippen LogP contribution is -2.26. The van der Waals surface area contributed by atoms with Crippen LogP contribution in [0.3, 0.4) is 0 Å². The summed E-state index contributed by atoms with van der Waals surface area (Å²) < 4.78 is 26.8. The number of nitrogens with two attached hydrogens (primary N) is 1. The molecule has 1 heterocycles. The van der Waals surface area contributed by atoms with Crippen molar-refractivity contribution >= 4 is 11.6 Å². The number of hydrogen-bond acceptors (Lipinski definition) is 2. The van der Waals surface area contributed by atoms with Crippen molar-refractivity contribution in [2.75, 3.05) is 18.0 Å². The summed E-state index contributed by atoms with van der Waals surface area (Å²) in [6.07, 6.45) is 0.341. The quantitative estimate of drug-likeness (QED) is 0.853. The second-order valence-corrected chi connectivity index (χ2v) is 4.34. The Morgan fingerprint density at radius 2 is 2.00 bits per heavy atom. The normalized spacial score (nSPS) is 20.1. The summed E-state index contributed by atoms with van der Waals surface area (Å²) in [6, 6.07) is 2.38. The van der Waals surface area contributed by atoms with Crippen molar-refractivity contribution in [3.8, 4) is 0 Å². The first-order valence-corrected chi connectivity index (χ1v) is 5.49. The van der Waals surface area contributed by atoms with Crippen LogP contribution in [0.5, 0.6) is 0 Å². The minimum Gasteiger partial charge on any atom is -0.330 e. The predicted molar refractivity (Wildman–Crippen MR) is 60.6 cm³/mol. The summed E-state index contributed by atoms with van der Waals surface area (Å²) in [4.78, 5) is 13.1. The second kappa shape index (κ2) is 4.41. The van der Waals surface area contributed by atoms with Crippen molar-refractivity contribution in [3.05, 3.63) is 29.3 Å². The number of amides is 1. The lowest BCUT2D eigenvalue weighted by Gasteiger charge is -2.17. The van der Waals surface area contributed by atoms with E-state index in [-0.39, 0.29) is 23.1 Å². The minimum absolute atomic E-state index is 0.0317. The van der Waals surface area contributed by atoms with Gasteiger partial charge in [-0.3, -0.25) is 4.79 Å². The highest BCUT2D eigenvalue weighted by Gasteiger charge is 2.30. The molecule has 0 saturated carbocycles. The van der Waals surface area contributed by atoms with Crippen molar-refractivity contribution in [3.63, 3.8) is 0 Å². The van der Waals surface area contributed by atoms with E-state index < -0.39 is 11.6 Å². The van der Waals surface area contributed by atoms with Crippen LogP contribution in [0, 0.1) is 24.5 Å². The first-order valence-electron chi connectivity index (χ1n) is 5.49. The zero-order valence-electron chi connectivity index (χ0n) is 9.54. The lowest BCUT2D eigenvalue weighted by atomic mass is 10.1. The van der Waals surface area contributed by atoms with Gasteiger partial charge in [0.15, 0.2) is 0 Å². The number of halogens is 2. The molecule has 2 N–H and O–H groups in total. The van der Waals surface area contributed by atoms with E-state index in [1.807, 2.05) is 0 Å². The number of carbonyl (C=O) groups is 1. The fourth-order valence-corrected chi connectivity index (χ4v) is 1.98. The molecule has 1 fully saturated rings. The van der Waals surface area contributed by atoms with Crippen LogP contribution in [0.15, 0.2) is 12.1 Å². The van der Waals surface area contributed by atoms with Crippen molar-refractivity contribution in [2.24, 2.45) is 11.7 Å². The van der Waals surface area contributed by atoms with Gasteiger partial charge in [0, 0.05) is 24.2 Å². The SMILES string of the molecule is Cc1c(F)cc(N2CC(CN)CC2=O)cc1F. The Labute approximate surface area is 98.2 Å². The van der Waals surface area contributed by atoms with Crippen LogP contribution >= 0.6 is 0 Å². The zero-order valence-corrected chi connectivity index (χ0v) is 9.54. The number of hydrogen-bond donors (Lipinski definition) is 1. The smallest absolute Gasteiger partial charge is 0.227 e. The molecule has 1 aromatic carbocycles. The molecule has 92 valence electrons. The fraction of sp³-hybridized carbons (Fsp3) is 0.417. The van der Waals surface area contributed by atoms with Gasteiger partial charge in [-0.05, 0) is 31.5 Å². The van der Waals surface area contributed by atoms with Crippen LogP contribution in [0.2, 0.25) is 0 Å². The Hall–Kier alpha value is -1.49. The summed E-state index contributed by atoms with van der Waals surface area (Å²) >= 11 is 0. The molecule has 3 nitrogen and oxygen atoms in total. The predicted octanol–water partition coefficient (Wildman–Crippen LogP) is 1.58. The first-order chi connectivity index (χ1) is 8.02. The number of rotatable bonds is 2. The number of carbonyl (C=O) groups excluding carboxylic acids is 1. The van der Waals surface area contributed by atoms with Crippen LogP contribution < -0.4 is 10.6 Å². The molecule has 1 aromatic rings. The standard InChI is InChI=1S/C12H14F2N2O/c1-7-10(13)3-9(4-11(7)14)16-6-8(5-15)2-12(16)17/h3-4,8H,2,5-6,15H2,1H3. The third-order valence-corrected chi connectivity index (χ3v) is 3.12. The van der Waals surface area contributed by atoms with E-state index in [4.69, 9.17) is 5.73 Å². The van der Waals surface area contributed by atoms with Gasteiger partial charge >= 0.3 is 0 Å². The van der Waals surface area contributed by atoms with Crippen LogP contribution in [0.25, 0.3) is 0 Å². The summed E-state index contributed by atoms with van der Waals surface area (Å²) in [5.41, 5.74) is 5.73. The number of nitrogens with zero attached hydrogens (tertiary/aromatic N) is 1. The Kier molecular flexibility index (Phi) is 3.11. The van der Waals surface area contributed by atoms with E-state index in [0.717, 1.165) is 0 Å². The van der Waals surface area contributed by atoms with Crippen LogP contribution in [0.4, 0.5) is 14.5 Å². The molecule has 17 heavy (non-hydrogen) atoms. The molecule has 0 spiro atoms. The van der Waals surface area contributed by atoms with Crippen molar-refractivity contribution in [1.29, 1.82) is 0 Å². The fourth-order valence-electron chi connectivity index (χ4n) is 1.98.